The first-order valence-electron chi connectivity index (χ1n) is 6.60. The van der Waals surface area contributed by atoms with Gasteiger partial charge in [0.05, 0.1) is 5.69 Å². The zero-order valence-corrected chi connectivity index (χ0v) is 12.9. The van der Waals surface area contributed by atoms with Gasteiger partial charge in [0.1, 0.15) is 17.4 Å². The fourth-order valence-electron chi connectivity index (χ4n) is 2.20. The van der Waals surface area contributed by atoms with Gasteiger partial charge in [-0.15, -0.1) is 0 Å². The molecule has 2 aromatic heterocycles. The molecule has 21 heavy (non-hydrogen) atoms. The van der Waals surface area contributed by atoms with Crippen LogP contribution in [-0.4, -0.2) is 14.6 Å². The molecule has 0 N–H and O–H groups in total. The lowest BCUT2D eigenvalue weighted by molar-refractivity contribution is 0.297. The monoisotopic (exact) mass is 301 g/mol. The van der Waals surface area contributed by atoms with Crippen molar-refractivity contribution in [3.63, 3.8) is 0 Å². The van der Waals surface area contributed by atoms with Crippen molar-refractivity contribution in [3.8, 4) is 5.75 Å². The Labute approximate surface area is 125 Å². The SMILES string of the molecule is Cc1nn2c(=O)cc(COc3c(C)cccc3C)nc2s1. The van der Waals surface area contributed by atoms with Gasteiger partial charge in [-0.2, -0.15) is 9.61 Å². The molecule has 0 spiro atoms. The number of para-hydroxylation sites is 1. The Morgan fingerprint density at radius 1 is 1.24 bits per heavy atom. The van der Waals surface area contributed by atoms with Crippen LogP contribution in [0.3, 0.4) is 0 Å². The van der Waals surface area contributed by atoms with Crippen LogP contribution in [0.5, 0.6) is 5.75 Å². The molecule has 0 amide bonds. The van der Waals surface area contributed by atoms with Gasteiger partial charge in [-0.3, -0.25) is 4.79 Å². The van der Waals surface area contributed by atoms with E-state index in [4.69, 9.17) is 4.74 Å². The third kappa shape index (κ3) is 2.67. The second kappa shape index (κ2) is 5.29. The van der Waals surface area contributed by atoms with E-state index in [0.29, 0.717) is 10.7 Å². The van der Waals surface area contributed by atoms with Gasteiger partial charge in [0.25, 0.3) is 5.56 Å². The molecular weight excluding hydrogens is 286 g/mol. The van der Waals surface area contributed by atoms with Gasteiger partial charge >= 0.3 is 0 Å². The minimum Gasteiger partial charge on any atom is -0.487 e. The predicted octanol–water partition coefficient (Wildman–Crippen LogP) is 2.66. The molecule has 0 atom stereocenters. The highest BCUT2D eigenvalue weighted by Gasteiger charge is 2.09. The number of benzene rings is 1. The molecule has 108 valence electrons. The fraction of sp³-hybridized carbons (Fsp3) is 0.267. The molecule has 2 heterocycles. The van der Waals surface area contributed by atoms with Gasteiger partial charge < -0.3 is 4.74 Å². The third-order valence-electron chi connectivity index (χ3n) is 3.17. The van der Waals surface area contributed by atoms with Crippen LogP contribution in [-0.2, 0) is 6.61 Å². The number of aryl methyl sites for hydroxylation is 3. The summed E-state index contributed by atoms with van der Waals surface area (Å²) in [7, 11) is 0. The minimum atomic E-state index is -0.176. The average molecular weight is 301 g/mol. The van der Waals surface area contributed by atoms with Gasteiger partial charge in [-0.25, -0.2) is 4.98 Å². The number of ether oxygens (including phenoxy) is 1. The van der Waals surface area contributed by atoms with Crippen LogP contribution in [0.4, 0.5) is 0 Å². The van der Waals surface area contributed by atoms with Gasteiger partial charge in [0.2, 0.25) is 4.96 Å². The molecule has 6 heteroatoms. The van der Waals surface area contributed by atoms with E-state index in [1.54, 1.807) is 0 Å². The Kier molecular flexibility index (Phi) is 3.47. The molecule has 0 aliphatic heterocycles. The molecule has 5 nitrogen and oxygen atoms in total. The summed E-state index contributed by atoms with van der Waals surface area (Å²) in [6.45, 7) is 6.13. The lowest BCUT2D eigenvalue weighted by atomic mass is 10.1. The van der Waals surface area contributed by atoms with Crippen LogP contribution in [0, 0.1) is 20.8 Å². The standard InChI is InChI=1S/C15H15N3O2S/c1-9-5-4-6-10(2)14(9)20-8-12-7-13(19)18-15(16-12)21-11(3)17-18/h4-7H,8H2,1-3H3. The highest BCUT2D eigenvalue weighted by molar-refractivity contribution is 7.16. The summed E-state index contributed by atoms with van der Waals surface area (Å²) < 4.78 is 7.16. The van der Waals surface area contributed by atoms with Crippen LogP contribution in [0.25, 0.3) is 4.96 Å². The number of fused-ring (bicyclic) bond motifs is 1. The molecular formula is C15H15N3O2S. The van der Waals surface area contributed by atoms with Gasteiger partial charge in [0, 0.05) is 6.07 Å². The summed E-state index contributed by atoms with van der Waals surface area (Å²) in [5.74, 6) is 0.847. The van der Waals surface area contributed by atoms with Gasteiger partial charge in [0.15, 0.2) is 0 Å². The van der Waals surface area contributed by atoms with Crippen molar-refractivity contribution in [1.29, 1.82) is 0 Å². The molecule has 0 unspecified atom stereocenters. The van der Waals surface area contributed by atoms with Gasteiger partial charge in [-0.05, 0) is 31.9 Å². The van der Waals surface area contributed by atoms with Gasteiger partial charge in [-0.1, -0.05) is 29.5 Å². The first kappa shape index (κ1) is 13.8. The number of nitrogens with zero attached hydrogens (tertiary/aromatic N) is 3. The van der Waals surface area contributed by atoms with Crippen molar-refractivity contribution in [3.05, 3.63) is 56.4 Å². The Balaban J connectivity index is 1.90. The van der Waals surface area contributed by atoms with Crippen LogP contribution in [0.1, 0.15) is 21.8 Å². The Hall–Kier alpha value is -2.21. The Morgan fingerprint density at radius 2 is 1.95 bits per heavy atom. The number of rotatable bonds is 3. The molecule has 0 bridgehead atoms. The van der Waals surface area contributed by atoms with Crippen molar-refractivity contribution in [2.45, 2.75) is 27.4 Å². The molecule has 0 aliphatic rings. The molecule has 0 aliphatic carbocycles. The maximum atomic E-state index is 12.0. The topological polar surface area (TPSA) is 56.5 Å². The van der Waals surface area contributed by atoms with E-state index in [9.17, 15) is 4.79 Å². The lowest BCUT2D eigenvalue weighted by Crippen LogP contribution is -2.16. The largest absolute Gasteiger partial charge is 0.487 e. The molecule has 0 saturated carbocycles. The second-order valence-corrected chi connectivity index (χ2v) is 6.07. The maximum Gasteiger partial charge on any atom is 0.275 e. The van der Waals surface area contributed by atoms with Crippen LogP contribution in [0.15, 0.2) is 29.1 Å². The smallest absolute Gasteiger partial charge is 0.275 e. The van der Waals surface area contributed by atoms with E-state index in [1.165, 1.54) is 21.9 Å². The second-order valence-electron chi connectivity index (χ2n) is 4.91. The molecule has 3 aromatic rings. The van der Waals surface area contributed by atoms with E-state index in [-0.39, 0.29) is 12.2 Å². The van der Waals surface area contributed by atoms with E-state index in [0.717, 1.165) is 21.9 Å². The summed E-state index contributed by atoms with van der Waals surface area (Å²) in [5.41, 5.74) is 2.58. The predicted molar refractivity (Wildman–Crippen MR) is 82.1 cm³/mol. The summed E-state index contributed by atoms with van der Waals surface area (Å²) in [6.07, 6.45) is 0. The fourth-order valence-corrected chi connectivity index (χ4v) is 2.97. The first-order chi connectivity index (χ1) is 10.0. The Morgan fingerprint density at radius 3 is 2.67 bits per heavy atom. The average Bonchev–Trinajstić information content (AvgIpc) is 2.79. The van der Waals surface area contributed by atoms with Crippen molar-refractivity contribution < 1.29 is 4.74 Å². The van der Waals surface area contributed by atoms with Crippen molar-refractivity contribution in [2.75, 3.05) is 0 Å². The zero-order valence-electron chi connectivity index (χ0n) is 12.1. The van der Waals surface area contributed by atoms with Crippen LogP contribution in [0.2, 0.25) is 0 Å². The highest BCUT2D eigenvalue weighted by Crippen LogP contribution is 2.23. The Bertz CT molecular complexity index is 847. The highest BCUT2D eigenvalue weighted by atomic mass is 32.1. The van der Waals surface area contributed by atoms with Crippen molar-refractivity contribution >= 4 is 16.3 Å². The summed E-state index contributed by atoms with van der Waals surface area (Å²) in [5, 5.41) is 4.93. The lowest BCUT2D eigenvalue weighted by Gasteiger charge is -2.11. The van der Waals surface area contributed by atoms with E-state index < -0.39 is 0 Å². The quantitative estimate of drug-likeness (QED) is 0.746. The maximum absolute atomic E-state index is 12.0. The van der Waals surface area contributed by atoms with Crippen LogP contribution < -0.4 is 10.3 Å². The third-order valence-corrected chi connectivity index (χ3v) is 4.00. The van der Waals surface area contributed by atoms with E-state index >= 15 is 0 Å². The molecule has 0 fully saturated rings. The van der Waals surface area contributed by atoms with E-state index in [2.05, 4.69) is 10.1 Å². The summed E-state index contributed by atoms with van der Waals surface area (Å²) in [6, 6.07) is 7.47. The molecule has 3 rings (SSSR count). The van der Waals surface area contributed by atoms with E-state index in [1.807, 2.05) is 39.0 Å². The number of hydrogen-bond acceptors (Lipinski definition) is 5. The molecule has 0 radical (unpaired) electrons. The minimum absolute atomic E-state index is 0.176. The summed E-state index contributed by atoms with van der Waals surface area (Å²) in [4.78, 5) is 17.0. The first-order valence-corrected chi connectivity index (χ1v) is 7.41. The normalized spacial score (nSPS) is 11.0. The number of hydrogen-bond donors (Lipinski definition) is 0. The van der Waals surface area contributed by atoms with Crippen LogP contribution >= 0.6 is 11.3 Å². The summed E-state index contributed by atoms with van der Waals surface area (Å²) >= 11 is 1.39. The van der Waals surface area contributed by atoms with Crippen molar-refractivity contribution in [1.82, 2.24) is 14.6 Å². The molecule has 0 saturated heterocycles. The molecule has 1 aromatic carbocycles. The zero-order chi connectivity index (χ0) is 15.0. The van der Waals surface area contributed by atoms with Crippen molar-refractivity contribution in [2.24, 2.45) is 0 Å². The number of aromatic nitrogens is 3.